The van der Waals surface area contributed by atoms with E-state index in [2.05, 4.69) is 23.5 Å². The molecule has 0 radical (unpaired) electrons. The van der Waals surface area contributed by atoms with Crippen molar-refractivity contribution in [3.8, 4) is 0 Å². The number of rotatable bonds is 4. The molecule has 2 amide bonds. The number of amides is 2. The summed E-state index contributed by atoms with van der Waals surface area (Å²) in [4.78, 5) is 25.7. The molecule has 2 aromatic rings. The Morgan fingerprint density at radius 2 is 1.96 bits per heavy atom. The molecular weight excluding hydrogens is 288 g/mol. The Bertz CT molecular complexity index is 721. The van der Waals surface area contributed by atoms with E-state index in [1.54, 1.807) is 4.90 Å². The molecule has 0 aromatic heterocycles. The summed E-state index contributed by atoms with van der Waals surface area (Å²) in [5.41, 5.74) is 1.10. The van der Waals surface area contributed by atoms with E-state index in [1.165, 1.54) is 0 Å². The van der Waals surface area contributed by atoms with Gasteiger partial charge in [-0.3, -0.25) is 9.59 Å². The summed E-state index contributed by atoms with van der Waals surface area (Å²) >= 11 is 0. The van der Waals surface area contributed by atoms with Gasteiger partial charge in [-0.15, -0.1) is 0 Å². The molecule has 23 heavy (non-hydrogen) atoms. The van der Waals surface area contributed by atoms with E-state index in [1.807, 2.05) is 31.2 Å². The Kier molecular flexibility index (Phi) is 4.60. The molecule has 4 nitrogen and oxygen atoms in total. The number of carbonyl (C=O) groups is 2. The summed E-state index contributed by atoms with van der Waals surface area (Å²) < 4.78 is 0. The Balaban J connectivity index is 1.69. The van der Waals surface area contributed by atoms with E-state index in [9.17, 15) is 9.59 Å². The Morgan fingerprint density at radius 1 is 1.17 bits per heavy atom. The van der Waals surface area contributed by atoms with E-state index in [0.717, 1.165) is 29.2 Å². The van der Waals surface area contributed by atoms with Crippen LogP contribution in [0.2, 0.25) is 0 Å². The molecule has 0 bridgehead atoms. The third-order valence-corrected chi connectivity index (χ3v) is 4.42. The van der Waals surface area contributed by atoms with Crippen molar-refractivity contribution in [2.75, 3.05) is 13.1 Å². The van der Waals surface area contributed by atoms with Crippen LogP contribution in [0.3, 0.4) is 0 Å². The molecule has 4 heteroatoms. The molecule has 0 spiro atoms. The highest BCUT2D eigenvalue weighted by atomic mass is 16.2. The number of nitrogens with one attached hydrogen (secondary N) is 1. The van der Waals surface area contributed by atoms with Gasteiger partial charge in [0.25, 0.3) is 0 Å². The van der Waals surface area contributed by atoms with E-state index in [4.69, 9.17) is 0 Å². The van der Waals surface area contributed by atoms with Crippen LogP contribution in [0, 0.1) is 0 Å². The van der Waals surface area contributed by atoms with Gasteiger partial charge in [0.05, 0.1) is 12.6 Å². The van der Waals surface area contributed by atoms with Gasteiger partial charge in [-0.1, -0.05) is 42.5 Å². The van der Waals surface area contributed by atoms with Crippen molar-refractivity contribution in [1.29, 1.82) is 0 Å². The molecule has 3 rings (SSSR count). The Labute approximate surface area is 136 Å². The number of piperidine rings is 1. The average Bonchev–Trinajstić information content (AvgIpc) is 2.56. The van der Waals surface area contributed by atoms with Crippen molar-refractivity contribution in [2.24, 2.45) is 0 Å². The maximum atomic E-state index is 12.3. The maximum absolute atomic E-state index is 12.3. The minimum absolute atomic E-state index is 0.0872. The van der Waals surface area contributed by atoms with Gasteiger partial charge >= 0.3 is 0 Å². The van der Waals surface area contributed by atoms with E-state index >= 15 is 0 Å². The topological polar surface area (TPSA) is 49.4 Å². The second-order valence-corrected chi connectivity index (χ2v) is 6.13. The zero-order valence-electron chi connectivity index (χ0n) is 13.4. The molecule has 1 N–H and O–H groups in total. The predicted molar refractivity (Wildman–Crippen MR) is 90.9 cm³/mol. The van der Waals surface area contributed by atoms with Crippen molar-refractivity contribution >= 4 is 22.6 Å². The van der Waals surface area contributed by atoms with Crippen LogP contribution in [0.1, 0.15) is 37.8 Å². The summed E-state index contributed by atoms with van der Waals surface area (Å²) in [6.07, 6.45) is 2.48. The lowest BCUT2D eigenvalue weighted by Crippen LogP contribution is -2.43. The van der Waals surface area contributed by atoms with Crippen LogP contribution < -0.4 is 5.32 Å². The molecule has 1 atom stereocenters. The number of likely N-dealkylation sites (tertiary alicyclic amines) is 1. The van der Waals surface area contributed by atoms with Gasteiger partial charge in [0.1, 0.15) is 0 Å². The number of nitrogens with zero attached hydrogens (tertiary/aromatic N) is 1. The predicted octanol–water partition coefficient (Wildman–Crippen LogP) is 3.03. The minimum atomic E-state index is -0.0966. The maximum Gasteiger partial charge on any atom is 0.240 e. The number of carbonyl (C=O) groups excluding carboxylic acids is 2. The van der Waals surface area contributed by atoms with Crippen LogP contribution in [0.5, 0.6) is 0 Å². The van der Waals surface area contributed by atoms with E-state index < -0.39 is 0 Å². The smallest absolute Gasteiger partial charge is 0.240 e. The summed E-state index contributed by atoms with van der Waals surface area (Å²) in [7, 11) is 0. The lowest BCUT2D eigenvalue weighted by molar-refractivity contribution is -0.138. The van der Waals surface area contributed by atoms with Crippen molar-refractivity contribution in [2.45, 2.75) is 32.2 Å². The fourth-order valence-electron chi connectivity index (χ4n) is 3.20. The summed E-state index contributed by atoms with van der Waals surface area (Å²) in [6.45, 7) is 2.83. The average molecular weight is 310 g/mol. The van der Waals surface area contributed by atoms with Gasteiger partial charge in [0.15, 0.2) is 0 Å². The molecular formula is C19H22N2O2. The third kappa shape index (κ3) is 3.52. The largest absolute Gasteiger partial charge is 0.348 e. The first-order valence-electron chi connectivity index (χ1n) is 8.20. The highest BCUT2D eigenvalue weighted by molar-refractivity contribution is 5.88. The first-order chi connectivity index (χ1) is 11.1. The second kappa shape index (κ2) is 6.82. The van der Waals surface area contributed by atoms with Crippen molar-refractivity contribution in [1.82, 2.24) is 10.2 Å². The SMILES string of the molecule is CC(NC(=O)CN1CCCCC1=O)c1cccc2ccccc12. The normalized spacial score (nSPS) is 16.4. The van der Waals surface area contributed by atoms with Gasteiger partial charge < -0.3 is 10.2 Å². The Hall–Kier alpha value is -2.36. The van der Waals surface area contributed by atoms with Gasteiger partial charge in [-0.2, -0.15) is 0 Å². The van der Waals surface area contributed by atoms with Gasteiger partial charge in [0.2, 0.25) is 11.8 Å². The number of benzene rings is 2. The van der Waals surface area contributed by atoms with E-state index in [0.29, 0.717) is 13.0 Å². The zero-order chi connectivity index (χ0) is 16.2. The molecule has 1 saturated heterocycles. The highest BCUT2D eigenvalue weighted by Crippen LogP contribution is 2.24. The molecule has 0 aliphatic carbocycles. The van der Waals surface area contributed by atoms with Crippen LogP contribution >= 0.6 is 0 Å². The molecule has 1 aliphatic rings. The molecule has 1 aliphatic heterocycles. The van der Waals surface area contributed by atoms with Crippen LogP contribution in [-0.2, 0) is 9.59 Å². The van der Waals surface area contributed by atoms with Crippen molar-refractivity contribution in [3.05, 3.63) is 48.0 Å². The molecule has 0 saturated carbocycles. The van der Waals surface area contributed by atoms with Gasteiger partial charge in [-0.05, 0) is 36.1 Å². The molecule has 1 fully saturated rings. The molecule has 1 heterocycles. The quantitative estimate of drug-likeness (QED) is 0.943. The first-order valence-corrected chi connectivity index (χ1v) is 8.20. The second-order valence-electron chi connectivity index (χ2n) is 6.13. The summed E-state index contributed by atoms with van der Waals surface area (Å²) in [6, 6.07) is 14.2. The highest BCUT2D eigenvalue weighted by Gasteiger charge is 2.21. The van der Waals surface area contributed by atoms with Crippen LogP contribution in [0.25, 0.3) is 10.8 Å². The lowest BCUT2D eigenvalue weighted by Gasteiger charge is -2.27. The monoisotopic (exact) mass is 310 g/mol. The Morgan fingerprint density at radius 3 is 2.78 bits per heavy atom. The minimum Gasteiger partial charge on any atom is -0.348 e. The third-order valence-electron chi connectivity index (χ3n) is 4.42. The lowest BCUT2D eigenvalue weighted by atomic mass is 9.99. The zero-order valence-corrected chi connectivity index (χ0v) is 13.4. The standard InChI is InChI=1S/C19H22N2O2/c1-14(16-10-6-8-15-7-2-3-9-17(15)16)20-18(22)13-21-12-5-4-11-19(21)23/h2-3,6-10,14H,4-5,11-13H2,1H3,(H,20,22). The number of fused-ring (bicyclic) bond motifs is 1. The van der Waals surface area contributed by atoms with Crippen LogP contribution in [0.4, 0.5) is 0 Å². The van der Waals surface area contributed by atoms with Gasteiger partial charge in [-0.25, -0.2) is 0 Å². The molecule has 1 unspecified atom stereocenters. The molecule has 2 aromatic carbocycles. The fourth-order valence-corrected chi connectivity index (χ4v) is 3.20. The van der Waals surface area contributed by atoms with Crippen LogP contribution in [0.15, 0.2) is 42.5 Å². The number of hydrogen-bond acceptors (Lipinski definition) is 2. The van der Waals surface area contributed by atoms with Crippen molar-refractivity contribution < 1.29 is 9.59 Å². The summed E-state index contributed by atoms with van der Waals surface area (Å²) in [5.74, 6) is -0.00935. The van der Waals surface area contributed by atoms with E-state index in [-0.39, 0.29) is 24.4 Å². The molecule has 120 valence electrons. The summed E-state index contributed by atoms with van der Waals surface area (Å²) in [5, 5.41) is 5.34. The first kappa shape index (κ1) is 15.5. The number of hydrogen-bond donors (Lipinski definition) is 1. The van der Waals surface area contributed by atoms with Gasteiger partial charge in [0, 0.05) is 13.0 Å². The fraction of sp³-hybridized carbons (Fsp3) is 0.368. The van der Waals surface area contributed by atoms with Crippen molar-refractivity contribution in [3.63, 3.8) is 0 Å². The van der Waals surface area contributed by atoms with Crippen LogP contribution in [-0.4, -0.2) is 29.8 Å².